The molecular formula is C15H15FO2S. The fourth-order valence-electron chi connectivity index (χ4n) is 1.78. The molecule has 0 unspecified atom stereocenters. The minimum absolute atomic E-state index is 0.0824. The van der Waals surface area contributed by atoms with Gasteiger partial charge in [0.2, 0.25) is 0 Å². The Morgan fingerprint density at radius 1 is 1.16 bits per heavy atom. The number of ether oxygens (including phenoxy) is 1. The summed E-state index contributed by atoms with van der Waals surface area (Å²) in [4.78, 5) is 0.919. The summed E-state index contributed by atoms with van der Waals surface area (Å²) < 4.78 is 19.6. The smallest absolute Gasteiger partial charge is 0.168 e. The number of para-hydroxylation sites is 2. The van der Waals surface area contributed by atoms with Crippen molar-refractivity contribution in [2.75, 3.05) is 6.26 Å². The van der Waals surface area contributed by atoms with Crippen molar-refractivity contribution in [3.63, 3.8) is 0 Å². The van der Waals surface area contributed by atoms with Gasteiger partial charge in [-0.05, 0) is 31.4 Å². The van der Waals surface area contributed by atoms with Crippen LogP contribution >= 0.6 is 11.8 Å². The fraction of sp³-hybridized carbons (Fsp3) is 0.200. The molecule has 2 nitrogen and oxygen atoms in total. The molecule has 19 heavy (non-hydrogen) atoms. The molecule has 0 amide bonds. The SMILES string of the molecule is CSc1ccccc1Oc1c(F)cccc1[C@@H](C)O. The van der Waals surface area contributed by atoms with Crippen molar-refractivity contribution in [1.29, 1.82) is 0 Å². The van der Waals surface area contributed by atoms with Gasteiger partial charge < -0.3 is 9.84 Å². The van der Waals surface area contributed by atoms with Crippen LogP contribution in [-0.2, 0) is 0 Å². The van der Waals surface area contributed by atoms with Gasteiger partial charge in [0.1, 0.15) is 5.75 Å². The number of thioether (sulfide) groups is 1. The molecule has 0 aliphatic heterocycles. The van der Waals surface area contributed by atoms with Gasteiger partial charge in [-0.3, -0.25) is 0 Å². The first-order chi connectivity index (χ1) is 9.13. The molecule has 2 aromatic carbocycles. The predicted molar refractivity (Wildman–Crippen MR) is 75.3 cm³/mol. The van der Waals surface area contributed by atoms with Crippen LogP contribution in [0, 0.1) is 5.82 Å². The number of halogens is 1. The highest BCUT2D eigenvalue weighted by Gasteiger charge is 2.15. The Balaban J connectivity index is 2.43. The van der Waals surface area contributed by atoms with Crippen molar-refractivity contribution in [2.45, 2.75) is 17.9 Å². The quantitative estimate of drug-likeness (QED) is 0.841. The average molecular weight is 278 g/mol. The monoisotopic (exact) mass is 278 g/mol. The van der Waals surface area contributed by atoms with Gasteiger partial charge in [0, 0.05) is 10.5 Å². The lowest BCUT2D eigenvalue weighted by atomic mass is 10.1. The second-order valence-electron chi connectivity index (χ2n) is 4.09. The Hall–Kier alpha value is -1.52. The summed E-state index contributed by atoms with van der Waals surface area (Å²) in [6, 6.07) is 12.0. The minimum Gasteiger partial charge on any atom is -0.453 e. The summed E-state index contributed by atoms with van der Waals surface area (Å²) in [6.07, 6.45) is 1.14. The lowest BCUT2D eigenvalue weighted by molar-refractivity contribution is 0.194. The Kier molecular flexibility index (Phi) is 4.45. The van der Waals surface area contributed by atoms with Gasteiger partial charge in [0.15, 0.2) is 11.6 Å². The Labute approximate surface area is 116 Å². The lowest BCUT2D eigenvalue weighted by Crippen LogP contribution is -1.99. The van der Waals surface area contributed by atoms with Gasteiger partial charge in [-0.2, -0.15) is 0 Å². The molecular weight excluding hydrogens is 263 g/mol. The van der Waals surface area contributed by atoms with Gasteiger partial charge in [-0.1, -0.05) is 24.3 Å². The van der Waals surface area contributed by atoms with E-state index >= 15 is 0 Å². The van der Waals surface area contributed by atoms with Crippen LogP contribution in [0.1, 0.15) is 18.6 Å². The Bertz CT molecular complexity index is 570. The molecule has 0 saturated carbocycles. The highest BCUT2D eigenvalue weighted by atomic mass is 32.2. The van der Waals surface area contributed by atoms with E-state index in [-0.39, 0.29) is 5.75 Å². The van der Waals surface area contributed by atoms with Crippen LogP contribution in [0.15, 0.2) is 47.4 Å². The third kappa shape index (κ3) is 3.08. The summed E-state index contributed by atoms with van der Waals surface area (Å²) in [5, 5.41) is 9.68. The summed E-state index contributed by atoms with van der Waals surface area (Å²) in [5.41, 5.74) is 0.441. The van der Waals surface area contributed by atoms with Crippen LogP contribution in [0.5, 0.6) is 11.5 Å². The molecule has 0 heterocycles. The topological polar surface area (TPSA) is 29.5 Å². The van der Waals surface area contributed by atoms with Gasteiger partial charge in [0.25, 0.3) is 0 Å². The summed E-state index contributed by atoms with van der Waals surface area (Å²) >= 11 is 1.52. The second-order valence-corrected chi connectivity index (χ2v) is 4.94. The minimum atomic E-state index is -0.785. The van der Waals surface area contributed by atoms with E-state index in [1.807, 2.05) is 24.5 Å². The maximum Gasteiger partial charge on any atom is 0.168 e. The largest absolute Gasteiger partial charge is 0.453 e. The summed E-state index contributed by atoms with van der Waals surface area (Å²) in [7, 11) is 0. The molecule has 1 atom stereocenters. The van der Waals surface area contributed by atoms with Crippen LogP contribution in [-0.4, -0.2) is 11.4 Å². The molecule has 0 saturated heterocycles. The van der Waals surface area contributed by atoms with E-state index in [9.17, 15) is 9.50 Å². The first kappa shape index (κ1) is 13.9. The van der Waals surface area contributed by atoms with E-state index in [1.54, 1.807) is 25.1 Å². The second kappa shape index (κ2) is 6.08. The van der Waals surface area contributed by atoms with Crippen LogP contribution in [0.25, 0.3) is 0 Å². The highest BCUT2D eigenvalue weighted by Crippen LogP contribution is 2.36. The van der Waals surface area contributed by atoms with Gasteiger partial charge in [0.05, 0.1) is 6.10 Å². The van der Waals surface area contributed by atoms with E-state index in [0.717, 1.165) is 4.90 Å². The van der Waals surface area contributed by atoms with Crippen LogP contribution < -0.4 is 4.74 Å². The predicted octanol–water partition coefficient (Wildman–Crippen LogP) is 4.39. The van der Waals surface area contributed by atoms with Gasteiger partial charge >= 0.3 is 0 Å². The molecule has 0 aromatic heterocycles. The molecule has 1 N–H and O–H groups in total. The van der Waals surface area contributed by atoms with Crippen LogP contribution in [0.4, 0.5) is 4.39 Å². The van der Waals surface area contributed by atoms with Crippen LogP contribution in [0.3, 0.4) is 0 Å². The van der Waals surface area contributed by atoms with E-state index < -0.39 is 11.9 Å². The zero-order valence-corrected chi connectivity index (χ0v) is 11.6. The summed E-state index contributed by atoms with van der Waals surface area (Å²) in [6.45, 7) is 1.59. The van der Waals surface area contributed by atoms with E-state index in [4.69, 9.17) is 4.74 Å². The first-order valence-corrected chi connectivity index (χ1v) is 7.13. The zero-order chi connectivity index (χ0) is 13.8. The van der Waals surface area contributed by atoms with Gasteiger partial charge in [-0.15, -0.1) is 11.8 Å². The molecule has 0 aliphatic carbocycles. The van der Waals surface area contributed by atoms with Crippen molar-refractivity contribution >= 4 is 11.8 Å². The molecule has 2 aromatic rings. The van der Waals surface area contributed by atoms with E-state index in [0.29, 0.717) is 11.3 Å². The number of aliphatic hydroxyl groups excluding tert-OH is 1. The fourth-order valence-corrected chi connectivity index (χ4v) is 2.30. The van der Waals surface area contributed by atoms with Crippen molar-refractivity contribution in [3.05, 3.63) is 53.8 Å². The average Bonchev–Trinajstić information content (AvgIpc) is 2.41. The molecule has 0 radical (unpaired) electrons. The number of hydrogen-bond donors (Lipinski definition) is 1. The molecule has 100 valence electrons. The van der Waals surface area contributed by atoms with Crippen molar-refractivity contribution in [1.82, 2.24) is 0 Å². The molecule has 4 heteroatoms. The zero-order valence-electron chi connectivity index (χ0n) is 10.8. The van der Waals surface area contributed by atoms with Crippen molar-refractivity contribution in [3.8, 4) is 11.5 Å². The summed E-state index contributed by atoms with van der Waals surface area (Å²) in [5.74, 6) is 0.190. The molecule has 2 rings (SSSR count). The van der Waals surface area contributed by atoms with Crippen molar-refractivity contribution in [2.24, 2.45) is 0 Å². The lowest BCUT2D eigenvalue weighted by Gasteiger charge is -2.15. The van der Waals surface area contributed by atoms with Crippen LogP contribution in [0.2, 0.25) is 0 Å². The number of aliphatic hydroxyl groups is 1. The number of rotatable bonds is 4. The number of hydrogen-bond acceptors (Lipinski definition) is 3. The standard InChI is InChI=1S/C15H15FO2S/c1-10(17)11-6-5-7-12(16)15(11)18-13-8-3-4-9-14(13)19-2/h3-10,17H,1-2H3/t10-/m1/s1. The normalized spacial score (nSPS) is 12.2. The van der Waals surface area contributed by atoms with E-state index in [2.05, 4.69) is 0 Å². The molecule has 0 bridgehead atoms. The third-order valence-electron chi connectivity index (χ3n) is 2.73. The Morgan fingerprint density at radius 3 is 2.58 bits per heavy atom. The Morgan fingerprint density at radius 2 is 1.89 bits per heavy atom. The highest BCUT2D eigenvalue weighted by molar-refractivity contribution is 7.98. The molecule has 0 spiro atoms. The first-order valence-electron chi connectivity index (χ1n) is 5.91. The molecule has 0 aliphatic rings. The van der Waals surface area contributed by atoms with Crippen molar-refractivity contribution < 1.29 is 14.2 Å². The van der Waals surface area contributed by atoms with Gasteiger partial charge in [-0.25, -0.2) is 4.39 Å². The molecule has 0 fully saturated rings. The van der Waals surface area contributed by atoms with E-state index in [1.165, 1.54) is 17.8 Å². The maximum atomic E-state index is 13.9. The third-order valence-corrected chi connectivity index (χ3v) is 3.51. The number of benzene rings is 2. The maximum absolute atomic E-state index is 13.9.